The third-order valence-electron chi connectivity index (χ3n) is 6.28. The number of hydrogen-bond donors (Lipinski definition) is 1. The number of pyridine rings is 1. The minimum atomic E-state index is -1.52. The maximum Gasteiger partial charge on any atom is 0.316 e. The SMILES string of the molecule is CCOC(=O)[C@H](c1ccccc1)[C@H](C(=O)Nc1cccc2cccnc12)N1C(=O)c2ccccc2C1=O. The second-order valence-corrected chi connectivity index (χ2v) is 8.48. The first-order chi connectivity index (χ1) is 18.0. The number of ether oxygens (including phenoxy) is 1. The number of amides is 3. The number of nitrogens with zero attached hydrogens (tertiary/aromatic N) is 2. The number of rotatable bonds is 7. The van der Waals surface area contributed by atoms with Crippen LogP contribution < -0.4 is 5.32 Å². The summed E-state index contributed by atoms with van der Waals surface area (Å²) in [5, 5.41) is 3.62. The van der Waals surface area contributed by atoms with Crippen molar-refractivity contribution in [2.45, 2.75) is 18.9 Å². The summed E-state index contributed by atoms with van der Waals surface area (Å²) in [6, 6.07) is 22.3. The number of carbonyl (C=O) groups is 4. The Morgan fingerprint density at radius 2 is 1.51 bits per heavy atom. The van der Waals surface area contributed by atoms with Crippen LogP contribution in [0.25, 0.3) is 10.9 Å². The molecule has 0 spiro atoms. The molecule has 3 aromatic carbocycles. The molecular formula is C29H23N3O5. The number of fused-ring (bicyclic) bond motifs is 2. The molecule has 2 atom stereocenters. The largest absolute Gasteiger partial charge is 0.465 e. The fourth-order valence-electron chi connectivity index (χ4n) is 4.63. The molecule has 0 aliphatic carbocycles. The molecule has 1 aliphatic rings. The molecule has 0 fully saturated rings. The number of benzene rings is 3. The number of anilines is 1. The lowest BCUT2D eigenvalue weighted by molar-refractivity contribution is -0.148. The average Bonchev–Trinajstić information content (AvgIpc) is 3.17. The Bertz CT molecular complexity index is 1480. The summed E-state index contributed by atoms with van der Waals surface area (Å²) in [7, 11) is 0. The summed E-state index contributed by atoms with van der Waals surface area (Å²) >= 11 is 0. The van der Waals surface area contributed by atoms with Crippen LogP contribution >= 0.6 is 0 Å². The fraction of sp³-hybridized carbons (Fsp3) is 0.138. The van der Waals surface area contributed by atoms with Crippen molar-refractivity contribution in [3.05, 3.63) is 108 Å². The van der Waals surface area contributed by atoms with Crippen molar-refractivity contribution in [3.8, 4) is 0 Å². The van der Waals surface area contributed by atoms with Crippen LogP contribution in [0.2, 0.25) is 0 Å². The Balaban J connectivity index is 1.64. The Hall–Kier alpha value is -4.85. The minimum absolute atomic E-state index is 0.0614. The van der Waals surface area contributed by atoms with Gasteiger partial charge in [-0.2, -0.15) is 0 Å². The summed E-state index contributed by atoms with van der Waals surface area (Å²) in [6.45, 7) is 1.71. The monoisotopic (exact) mass is 493 g/mol. The van der Waals surface area contributed by atoms with Gasteiger partial charge in [-0.15, -0.1) is 0 Å². The van der Waals surface area contributed by atoms with Gasteiger partial charge < -0.3 is 10.1 Å². The first-order valence-electron chi connectivity index (χ1n) is 11.8. The van der Waals surface area contributed by atoms with Gasteiger partial charge in [0.2, 0.25) is 5.91 Å². The van der Waals surface area contributed by atoms with Crippen LogP contribution in [-0.2, 0) is 14.3 Å². The van der Waals surface area contributed by atoms with E-state index in [9.17, 15) is 19.2 Å². The smallest absolute Gasteiger partial charge is 0.316 e. The van der Waals surface area contributed by atoms with Gasteiger partial charge in [0, 0.05) is 11.6 Å². The van der Waals surface area contributed by atoms with Crippen molar-refractivity contribution in [3.63, 3.8) is 0 Å². The van der Waals surface area contributed by atoms with Crippen molar-refractivity contribution in [1.29, 1.82) is 0 Å². The summed E-state index contributed by atoms with van der Waals surface area (Å²) in [4.78, 5) is 59.6. The first kappa shape index (κ1) is 23.9. The van der Waals surface area contributed by atoms with E-state index in [0.717, 1.165) is 10.3 Å². The number of nitrogens with one attached hydrogen (secondary N) is 1. The highest BCUT2D eigenvalue weighted by Crippen LogP contribution is 2.33. The van der Waals surface area contributed by atoms with E-state index >= 15 is 0 Å². The molecule has 5 rings (SSSR count). The van der Waals surface area contributed by atoms with Crippen molar-refractivity contribution >= 4 is 40.3 Å². The van der Waals surface area contributed by atoms with E-state index in [-0.39, 0.29) is 17.7 Å². The molecule has 0 radical (unpaired) electrons. The number of carbonyl (C=O) groups excluding carboxylic acids is 4. The molecular weight excluding hydrogens is 470 g/mol. The zero-order valence-electron chi connectivity index (χ0n) is 20.0. The molecule has 2 heterocycles. The van der Waals surface area contributed by atoms with Crippen LogP contribution in [0.1, 0.15) is 39.1 Å². The highest BCUT2D eigenvalue weighted by molar-refractivity contribution is 6.24. The van der Waals surface area contributed by atoms with E-state index in [1.54, 1.807) is 73.8 Å². The molecule has 3 amide bonds. The van der Waals surface area contributed by atoms with Crippen molar-refractivity contribution < 1.29 is 23.9 Å². The summed E-state index contributed by atoms with van der Waals surface area (Å²) < 4.78 is 5.34. The second kappa shape index (κ2) is 10.0. The number of para-hydroxylation sites is 1. The quantitative estimate of drug-likeness (QED) is 0.306. The normalized spacial score (nSPS) is 14.2. The van der Waals surface area contributed by atoms with Crippen molar-refractivity contribution in [1.82, 2.24) is 9.88 Å². The molecule has 0 unspecified atom stereocenters. The molecule has 1 aromatic heterocycles. The number of esters is 1. The van der Waals surface area contributed by atoms with E-state index in [4.69, 9.17) is 4.74 Å². The van der Waals surface area contributed by atoms with Crippen LogP contribution in [0.5, 0.6) is 0 Å². The van der Waals surface area contributed by atoms with Gasteiger partial charge in [0.05, 0.1) is 28.9 Å². The third-order valence-corrected chi connectivity index (χ3v) is 6.28. The second-order valence-electron chi connectivity index (χ2n) is 8.48. The van der Waals surface area contributed by atoms with Crippen molar-refractivity contribution in [2.24, 2.45) is 0 Å². The molecule has 1 aliphatic heterocycles. The van der Waals surface area contributed by atoms with E-state index < -0.39 is 35.7 Å². The Labute approximate surface area is 212 Å². The summed E-state index contributed by atoms with van der Waals surface area (Å²) in [5.41, 5.74) is 1.71. The lowest BCUT2D eigenvalue weighted by atomic mass is 9.89. The maximum absolute atomic E-state index is 14.0. The van der Waals surface area contributed by atoms with Gasteiger partial charge in [-0.1, -0.05) is 60.7 Å². The molecule has 0 saturated carbocycles. The van der Waals surface area contributed by atoms with Gasteiger partial charge in [-0.3, -0.25) is 29.1 Å². The Morgan fingerprint density at radius 1 is 0.865 bits per heavy atom. The van der Waals surface area contributed by atoms with E-state index in [0.29, 0.717) is 16.8 Å². The standard InChI is InChI=1S/C29H23N3O5/c1-2-37-29(36)23(18-10-4-3-5-11-18)25(32-27(34)20-14-6-7-15-21(20)28(32)35)26(33)31-22-16-8-12-19-13-9-17-30-24(19)22/h3-17,23,25H,2H2,1H3,(H,31,33)/t23-,25-/m1/s1. The zero-order valence-corrected chi connectivity index (χ0v) is 20.0. The maximum atomic E-state index is 14.0. The minimum Gasteiger partial charge on any atom is -0.465 e. The predicted octanol–water partition coefficient (Wildman–Crippen LogP) is 4.19. The van der Waals surface area contributed by atoms with Gasteiger partial charge in [0.15, 0.2) is 0 Å². The predicted molar refractivity (Wildman–Crippen MR) is 137 cm³/mol. The molecule has 4 aromatic rings. The highest BCUT2D eigenvalue weighted by atomic mass is 16.5. The van der Waals surface area contributed by atoms with E-state index in [2.05, 4.69) is 10.3 Å². The number of imide groups is 1. The molecule has 37 heavy (non-hydrogen) atoms. The van der Waals surface area contributed by atoms with Crippen LogP contribution in [0, 0.1) is 0 Å². The van der Waals surface area contributed by atoms with Crippen LogP contribution in [0.3, 0.4) is 0 Å². The molecule has 184 valence electrons. The number of aromatic nitrogens is 1. The summed E-state index contributed by atoms with van der Waals surface area (Å²) in [5.74, 6) is -3.99. The van der Waals surface area contributed by atoms with Crippen LogP contribution in [0.15, 0.2) is 91.1 Å². The molecule has 8 heteroatoms. The fourth-order valence-corrected chi connectivity index (χ4v) is 4.63. The Morgan fingerprint density at radius 3 is 2.19 bits per heavy atom. The van der Waals surface area contributed by atoms with Gasteiger partial charge in [-0.25, -0.2) is 0 Å². The van der Waals surface area contributed by atoms with Crippen LogP contribution in [-0.4, -0.2) is 46.2 Å². The van der Waals surface area contributed by atoms with Gasteiger partial charge in [0.25, 0.3) is 11.8 Å². The van der Waals surface area contributed by atoms with Gasteiger partial charge in [0.1, 0.15) is 12.0 Å². The highest BCUT2D eigenvalue weighted by Gasteiger charge is 2.49. The van der Waals surface area contributed by atoms with Crippen LogP contribution in [0.4, 0.5) is 5.69 Å². The lowest BCUT2D eigenvalue weighted by Crippen LogP contribution is -2.52. The zero-order chi connectivity index (χ0) is 25.9. The first-order valence-corrected chi connectivity index (χ1v) is 11.8. The third kappa shape index (κ3) is 4.33. The average molecular weight is 494 g/mol. The van der Waals surface area contributed by atoms with E-state index in [1.807, 2.05) is 12.1 Å². The van der Waals surface area contributed by atoms with Gasteiger partial charge in [-0.05, 0) is 36.8 Å². The molecule has 8 nitrogen and oxygen atoms in total. The molecule has 1 N–H and O–H groups in total. The van der Waals surface area contributed by atoms with E-state index in [1.165, 1.54) is 12.1 Å². The van der Waals surface area contributed by atoms with Gasteiger partial charge >= 0.3 is 5.97 Å². The van der Waals surface area contributed by atoms with Crippen molar-refractivity contribution in [2.75, 3.05) is 11.9 Å². The topological polar surface area (TPSA) is 106 Å². The Kier molecular flexibility index (Phi) is 6.47. The molecule has 0 bridgehead atoms. The summed E-state index contributed by atoms with van der Waals surface area (Å²) in [6.07, 6.45) is 1.60. The number of hydrogen-bond acceptors (Lipinski definition) is 6. The lowest BCUT2D eigenvalue weighted by Gasteiger charge is -2.31. The molecule has 0 saturated heterocycles.